The lowest BCUT2D eigenvalue weighted by atomic mass is 9.80. The van der Waals surface area contributed by atoms with E-state index in [1.807, 2.05) is 85.3 Å². The monoisotopic (exact) mass is 1560 g/mol. The Balaban J connectivity index is 0.000000150. The van der Waals surface area contributed by atoms with Gasteiger partial charge in [0, 0.05) is 68.4 Å². The second-order valence-electron chi connectivity index (χ2n) is 32.9. The lowest BCUT2D eigenvalue weighted by molar-refractivity contribution is 0.661. The van der Waals surface area contributed by atoms with E-state index in [2.05, 4.69) is 377 Å². The van der Waals surface area contributed by atoms with Crippen LogP contribution >= 0.6 is 0 Å². The van der Waals surface area contributed by atoms with Crippen LogP contribution in [0.1, 0.15) is 49.9 Å². The second-order valence-corrected chi connectivity index (χ2v) is 32.9. The Bertz CT molecular complexity index is 7400. The fourth-order valence-electron chi connectivity index (χ4n) is 18.4. The van der Waals surface area contributed by atoms with Crippen LogP contribution in [0, 0.1) is 0 Å². The van der Waals surface area contributed by atoms with Gasteiger partial charge in [0.2, 0.25) is 0 Å². The van der Waals surface area contributed by atoms with Gasteiger partial charge in [-0.25, -0.2) is 19.9 Å². The molecule has 576 valence electrons. The minimum atomic E-state index is -0.0724. The highest BCUT2D eigenvalue weighted by molar-refractivity contribution is 6.04. The molecule has 122 heavy (non-hydrogen) atoms. The van der Waals surface area contributed by atoms with Crippen LogP contribution in [0.2, 0.25) is 0 Å². The lowest BCUT2D eigenvalue weighted by Gasteiger charge is -2.23. The number of fused-ring (bicyclic) bond motifs is 10. The molecule has 6 heteroatoms. The molecule has 0 radical (unpaired) electrons. The van der Waals surface area contributed by atoms with Crippen LogP contribution in [0.4, 0.5) is 0 Å². The van der Waals surface area contributed by atoms with Gasteiger partial charge in [-0.15, -0.1) is 0 Å². The number of pyridine rings is 2. The van der Waals surface area contributed by atoms with Gasteiger partial charge in [0.1, 0.15) is 0 Å². The van der Waals surface area contributed by atoms with Gasteiger partial charge in [0.05, 0.1) is 28.5 Å². The molecular weight excluding hydrogens is 1480 g/mol. The van der Waals surface area contributed by atoms with Crippen molar-refractivity contribution in [1.82, 2.24) is 29.9 Å². The van der Waals surface area contributed by atoms with Gasteiger partial charge in [-0.3, -0.25) is 9.97 Å². The Morgan fingerprint density at radius 2 is 0.525 bits per heavy atom. The Morgan fingerprint density at radius 3 is 0.992 bits per heavy atom. The number of aromatic nitrogens is 6. The first kappa shape index (κ1) is 74.1. The summed E-state index contributed by atoms with van der Waals surface area (Å²) in [5.41, 5.74) is 38.9. The Labute approximate surface area is 711 Å². The third kappa shape index (κ3) is 14.0. The molecule has 20 aromatic rings. The SMILES string of the molecule is CC1(C)c2ccc(-c3cccc(-c4cccc(-c5cccc(-c6cc(-c7ccc(-c8ccccn8)cc7)nc(-c7ccccc7)n6)c5)c4)c3)cc2-c2c1ccc1ccccc21.CC1(C)c2ccc(-c3cccc(-c4cccc(-c5cccc(-c6cc(-c7ccc(-c8ccncc8)cc7)nc(-c7ccccc7)n6)c5)c4)c3)cc2-c2ccc3ccccc3c21. The van der Waals surface area contributed by atoms with Gasteiger partial charge >= 0.3 is 0 Å². The van der Waals surface area contributed by atoms with Gasteiger partial charge in [-0.05, 0) is 229 Å². The highest BCUT2D eigenvalue weighted by atomic mass is 14.9. The molecule has 0 spiro atoms. The maximum absolute atomic E-state index is 5.14. The smallest absolute Gasteiger partial charge is 0.160 e. The Kier molecular flexibility index (Phi) is 18.9. The molecule has 0 aliphatic heterocycles. The summed E-state index contributed by atoms with van der Waals surface area (Å²) in [6, 6.07) is 146. The maximum Gasteiger partial charge on any atom is 0.160 e. The van der Waals surface area contributed by atoms with Crippen molar-refractivity contribution < 1.29 is 0 Å². The van der Waals surface area contributed by atoms with Crippen LogP contribution in [-0.4, -0.2) is 29.9 Å². The van der Waals surface area contributed by atoms with E-state index in [0.29, 0.717) is 11.6 Å². The molecule has 0 atom stereocenters. The van der Waals surface area contributed by atoms with Crippen LogP contribution < -0.4 is 0 Å². The number of hydrogen-bond donors (Lipinski definition) is 0. The lowest BCUT2D eigenvalue weighted by Crippen LogP contribution is -2.15. The van der Waals surface area contributed by atoms with Gasteiger partial charge in [0.15, 0.2) is 11.6 Å². The predicted molar refractivity (Wildman–Crippen MR) is 506 cm³/mol. The average Bonchev–Trinajstić information content (AvgIpc) is 1.57. The summed E-state index contributed by atoms with van der Waals surface area (Å²) < 4.78 is 0. The van der Waals surface area contributed by atoms with Crippen molar-refractivity contribution in [1.29, 1.82) is 0 Å². The number of nitrogens with zero attached hydrogens (tertiary/aromatic N) is 6. The first-order chi connectivity index (χ1) is 59.9. The third-order valence-electron chi connectivity index (χ3n) is 24.7. The summed E-state index contributed by atoms with van der Waals surface area (Å²) in [6.07, 6.45) is 5.47. The van der Waals surface area contributed by atoms with Crippen LogP contribution in [-0.2, 0) is 10.8 Å². The minimum absolute atomic E-state index is 0.0556. The van der Waals surface area contributed by atoms with Gasteiger partial charge < -0.3 is 0 Å². The van der Waals surface area contributed by atoms with E-state index in [1.54, 1.807) is 0 Å². The molecule has 16 aromatic carbocycles. The summed E-state index contributed by atoms with van der Waals surface area (Å²) in [7, 11) is 0. The standard InChI is InChI=1S/2C58H41N3/c1-58(2)53-28-26-48(36-52(53)51-27-25-40-11-6-7-20-50(40)56(51)58)46-17-9-15-44(34-46)43-14-8-16-45(33-43)47-18-10-19-49(35-47)55-37-54(60-57(61-55)42-12-4-3-5-13-42)41-23-21-38(22-24-41)39-29-31-59-32-30-39;1-58(2)51-30-29-47(36-50(51)56-49-22-7-6-13-38(49)28-31-52(56)58)45-19-11-17-43(34-45)42-16-10-18-44(33-42)46-20-12-21-48(35-46)55-37-54(60-57(61-55)41-14-4-3-5-15-41)40-26-24-39(25-27-40)53-23-8-9-32-59-53/h2*3-37H,1-2H3. The van der Waals surface area contributed by atoms with Crippen molar-refractivity contribution in [3.63, 3.8) is 0 Å². The second kappa shape index (κ2) is 31.1. The quantitative estimate of drug-likeness (QED) is 0.108. The molecule has 4 heterocycles. The van der Waals surface area contributed by atoms with E-state index in [-0.39, 0.29) is 10.8 Å². The number of hydrogen-bond acceptors (Lipinski definition) is 6. The molecule has 6 nitrogen and oxygen atoms in total. The van der Waals surface area contributed by atoms with Crippen molar-refractivity contribution in [2.24, 2.45) is 0 Å². The molecule has 0 saturated carbocycles. The molecule has 2 aliphatic carbocycles. The van der Waals surface area contributed by atoms with Crippen LogP contribution in [0.15, 0.2) is 425 Å². The molecule has 22 rings (SSSR count). The minimum Gasteiger partial charge on any atom is -0.265 e. The molecule has 0 fully saturated rings. The summed E-state index contributed by atoms with van der Waals surface area (Å²) in [5.74, 6) is 1.39. The highest BCUT2D eigenvalue weighted by Crippen LogP contribution is 2.54. The van der Waals surface area contributed by atoms with Gasteiger partial charge in [0.25, 0.3) is 0 Å². The Morgan fingerprint density at radius 1 is 0.189 bits per heavy atom. The largest absolute Gasteiger partial charge is 0.265 e. The van der Waals surface area contributed by atoms with Gasteiger partial charge in [-0.1, -0.05) is 349 Å². The topological polar surface area (TPSA) is 77.3 Å². The van der Waals surface area contributed by atoms with Crippen LogP contribution in [0.25, 0.3) is 201 Å². The van der Waals surface area contributed by atoms with Crippen molar-refractivity contribution in [2.45, 2.75) is 38.5 Å². The van der Waals surface area contributed by atoms with Crippen LogP contribution in [0.5, 0.6) is 0 Å². The fourth-order valence-corrected chi connectivity index (χ4v) is 18.4. The molecule has 0 saturated heterocycles. The Hall–Kier alpha value is -15.5. The summed E-state index contributed by atoms with van der Waals surface area (Å²) in [6.45, 7) is 9.44. The summed E-state index contributed by atoms with van der Waals surface area (Å²) >= 11 is 0. The normalized spacial score (nSPS) is 12.6. The van der Waals surface area contributed by atoms with Crippen molar-refractivity contribution in [3.8, 4) is 179 Å². The van der Waals surface area contributed by atoms with Gasteiger partial charge in [-0.2, -0.15) is 0 Å². The summed E-state index contributed by atoms with van der Waals surface area (Å²) in [4.78, 5) is 29.1. The molecule has 0 unspecified atom stereocenters. The van der Waals surface area contributed by atoms with E-state index in [1.165, 1.54) is 111 Å². The molecule has 2 aliphatic rings. The zero-order valence-electron chi connectivity index (χ0n) is 68.1. The van der Waals surface area contributed by atoms with E-state index in [4.69, 9.17) is 19.9 Å². The molecular formula is C116H82N6. The predicted octanol–water partition coefficient (Wildman–Crippen LogP) is 30.0. The van der Waals surface area contributed by atoms with Crippen molar-refractivity contribution in [2.75, 3.05) is 0 Å². The van der Waals surface area contributed by atoms with E-state index in [0.717, 1.165) is 101 Å². The zero-order chi connectivity index (χ0) is 81.8. The average molecular weight is 1560 g/mol. The molecule has 0 amide bonds. The van der Waals surface area contributed by atoms with Crippen molar-refractivity contribution in [3.05, 3.63) is 447 Å². The highest BCUT2D eigenvalue weighted by Gasteiger charge is 2.38. The third-order valence-corrected chi connectivity index (χ3v) is 24.7. The van der Waals surface area contributed by atoms with Crippen LogP contribution in [0.3, 0.4) is 0 Å². The zero-order valence-corrected chi connectivity index (χ0v) is 68.1. The van der Waals surface area contributed by atoms with Crippen molar-refractivity contribution >= 4 is 21.5 Å². The number of rotatable bonds is 14. The first-order valence-electron chi connectivity index (χ1n) is 41.8. The molecule has 0 N–H and O–H groups in total. The molecule has 0 bridgehead atoms. The number of benzene rings is 16. The maximum atomic E-state index is 5.14. The summed E-state index contributed by atoms with van der Waals surface area (Å²) in [5, 5.41) is 5.24. The van der Waals surface area contributed by atoms with E-state index < -0.39 is 0 Å². The fraction of sp³-hybridized carbons (Fsp3) is 0.0517. The van der Waals surface area contributed by atoms with E-state index >= 15 is 0 Å². The first-order valence-corrected chi connectivity index (χ1v) is 41.8. The van der Waals surface area contributed by atoms with E-state index in [9.17, 15) is 0 Å². The molecule has 4 aromatic heterocycles.